The highest BCUT2D eigenvalue weighted by Crippen LogP contribution is 2.19. The number of ketones is 1. The van der Waals surface area contributed by atoms with E-state index >= 15 is 0 Å². The van der Waals surface area contributed by atoms with Gasteiger partial charge in [-0.2, -0.15) is 0 Å². The molecule has 0 fully saturated rings. The summed E-state index contributed by atoms with van der Waals surface area (Å²) in [5, 5.41) is 4.27. The molecule has 0 aliphatic rings. The van der Waals surface area contributed by atoms with Crippen molar-refractivity contribution in [1.82, 2.24) is 5.32 Å². The lowest BCUT2D eigenvalue weighted by atomic mass is 10.0. The van der Waals surface area contributed by atoms with Gasteiger partial charge in [0.2, 0.25) is 5.78 Å². The zero-order chi connectivity index (χ0) is 19.1. The molecule has 0 saturated carbocycles. The first-order valence-corrected chi connectivity index (χ1v) is 9.17. The molecule has 2 aromatic carbocycles. The zero-order valence-electron chi connectivity index (χ0n) is 14.4. The molecule has 0 aliphatic heterocycles. The van der Waals surface area contributed by atoms with Crippen molar-refractivity contribution in [2.75, 3.05) is 13.2 Å². The van der Waals surface area contributed by atoms with Crippen LogP contribution in [0.25, 0.3) is 11.1 Å². The van der Waals surface area contributed by atoms with Crippen LogP contribution in [0, 0.1) is 0 Å². The number of benzene rings is 2. The number of carbonyl (C=O) groups is 3. The van der Waals surface area contributed by atoms with Crippen LogP contribution in [0.5, 0.6) is 0 Å². The van der Waals surface area contributed by atoms with Gasteiger partial charge in [0.15, 0.2) is 6.61 Å². The van der Waals surface area contributed by atoms with Crippen molar-refractivity contribution in [2.45, 2.75) is 0 Å². The number of nitrogens with one attached hydrogen (secondary N) is 1. The van der Waals surface area contributed by atoms with E-state index in [1.165, 1.54) is 11.3 Å². The minimum atomic E-state index is -0.658. The zero-order valence-corrected chi connectivity index (χ0v) is 15.2. The predicted octanol–water partition coefficient (Wildman–Crippen LogP) is 3.57. The second kappa shape index (κ2) is 8.91. The summed E-state index contributed by atoms with van der Waals surface area (Å²) in [6, 6.07) is 20.3. The van der Waals surface area contributed by atoms with Crippen molar-refractivity contribution < 1.29 is 19.1 Å². The average molecular weight is 379 g/mol. The van der Waals surface area contributed by atoms with Gasteiger partial charge in [0.25, 0.3) is 5.91 Å². The van der Waals surface area contributed by atoms with Crippen molar-refractivity contribution in [3.8, 4) is 11.1 Å². The third kappa shape index (κ3) is 5.12. The van der Waals surface area contributed by atoms with Crippen LogP contribution in [-0.2, 0) is 9.53 Å². The standard InChI is InChI=1S/C21H17NO4S/c23-18(19-7-4-12-27-19)14-26-20(24)13-22-21(25)17-10-8-16(9-11-17)15-5-2-1-3-6-15/h1-12H,13-14H2,(H,22,25). The van der Waals surface area contributed by atoms with Crippen LogP contribution in [0.1, 0.15) is 20.0 Å². The molecule has 0 bridgehead atoms. The molecule has 1 heterocycles. The molecule has 0 spiro atoms. The quantitative estimate of drug-likeness (QED) is 0.503. The van der Waals surface area contributed by atoms with Gasteiger partial charge in [-0.3, -0.25) is 14.4 Å². The van der Waals surface area contributed by atoms with Crippen molar-refractivity contribution >= 4 is 29.0 Å². The number of hydrogen-bond donors (Lipinski definition) is 1. The number of Topliss-reactive ketones (excluding diaryl/α,β-unsaturated/α-hetero) is 1. The summed E-state index contributed by atoms with van der Waals surface area (Å²) >= 11 is 1.29. The highest BCUT2D eigenvalue weighted by atomic mass is 32.1. The maximum Gasteiger partial charge on any atom is 0.325 e. The van der Waals surface area contributed by atoms with E-state index in [2.05, 4.69) is 5.32 Å². The molecule has 0 atom stereocenters. The van der Waals surface area contributed by atoms with Crippen LogP contribution in [0.3, 0.4) is 0 Å². The molecule has 3 rings (SSSR count). The maximum absolute atomic E-state index is 12.1. The Morgan fingerprint density at radius 3 is 2.22 bits per heavy atom. The van der Waals surface area contributed by atoms with Gasteiger partial charge in [0.05, 0.1) is 4.88 Å². The van der Waals surface area contributed by atoms with Gasteiger partial charge in [0, 0.05) is 5.56 Å². The van der Waals surface area contributed by atoms with E-state index in [0.29, 0.717) is 10.4 Å². The Kier molecular flexibility index (Phi) is 6.12. The monoisotopic (exact) mass is 379 g/mol. The second-order valence-corrected chi connectivity index (χ2v) is 6.63. The van der Waals surface area contributed by atoms with Gasteiger partial charge in [-0.1, -0.05) is 48.5 Å². The lowest BCUT2D eigenvalue weighted by Crippen LogP contribution is -2.31. The van der Waals surface area contributed by atoms with E-state index in [9.17, 15) is 14.4 Å². The number of rotatable bonds is 7. The Bertz CT molecular complexity index is 919. The third-order valence-corrected chi connectivity index (χ3v) is 4.72. The molecule has 5 nitrogen and oxygen atoms in total. The van der Waals surface area contributed by atoms with Gasteiger partial charge in [0.1, 0.15) is 6.54 Å². The summed E-state index contributed by atoms with van der Waals surface area (Å²) in [7, 11) is 0. The number of amides is 1. The van der Waals surface area contributed by atoms with E-state index in [4.69, 9.17) is 4.74 Å². The SMILES string of the molecule is O=C(CNC(=O)c1ccc(-c2ccccc2)cc1)OCC(=O)c1cccs1. The smallest absolute Gasteiger partial charge is 0.325 e. The molecule has 1 aromatic heterocycles. The highest BCUT2D eigenvalue weighted by Gasteiger charge is 2.12. The van der Waals surface area contributed by atoms with E-state index in [1.807, 2.05) is 42.5 Å². The van der Waals surface area contributed by atoms with E-state index in [-0.39, 0.29) is 24.8 Å². The normalized spacial score (nSPS) is 10.2. The molecular weight excluding hydrogens is 362 g/mol. The Balaban J connectivity index is 1.47. The minimum Gasteiger partial charge on any atom is -0.456 e. The molecule has 6 heteroatoms. The van der Waals surface area contributed by atoms with Crippen LogP contribution >= 0.6 is 11.3 Å². The van der Waals surface area contributed by atoms with E-state index in [1.54, 1.807) is 29.6 Å². The first-order chi connectivity index (χ1) is 13.1. The summed E-state index contributed by atoms with van der Waals surface area (Å²) in [4.78, 5) is 36.1. The molecule has 0 radical (unpaired) electrons. The first kappa shape index (κ1) is 18.5. The molecule has 3 aromatic rings. The minimum absolute atomic E-state index is 0.263. The summed E-state index contributed by atoms with van der Waals surface area (Å²) in [6.45, 7) is -0.627. The lowest BCUT2D eigenvalue weighted by molar-refractivity contribution is -0.141. The van der Waals surface area contributed by atoms with Gasteiger partial charge < -0.3 is 10.1 Å². The fraction of sp³-hybridized carbons (Fsp3) is 0.0952. The fourth-order valence-electron chi connectivity index (χ4n) is 2.40. The van der Waals surface area contributed by atoms with Crippen molar-refractivity contribution in [1.29, 1.82) is 0 Å². The largest absolute Gasteiger partial charge is 0.456 e. The van der Waals surface area contributed by atoms with Crippen LogP contribution < -0.4 is 5.32 Å². The van der Waals surface area contributed by atoms with E-state index < -0.39 is 5.97 Å². The average Bonchev–Trinajstić information content (AvgIpc) is 3.26. The predicted molar refractivity (Wildman–Crippen MR) is 104 cm³/mol. The molecular formula is C21H17NO4S. The Hall–Kier alpha value is -3.25. The van der Waals surface area contributed by atoms with Crippen LogP contribution in [0.15, 0.2) is 72.1 Å². The maximum atomic E-state index is 12.1. The van der Waals surface area contributed by atoms with E-state index in [0.717, 1.165) is 11.1 Å². The number of thiophene rings is 1. The van der Waals surface area contributed by atoms with Crippen molar-refractivity contribution in [3.63, 3.8) is 0 Å². The van der Waals surface area contributed by atoms with Gasteiger partial charge >= 0.3 is 5.97 Å². The molecule has 1 N–H and O–H groups in total. The van der Waals surface area contributed by atoms with Crippen molar-refractivity contribution in [3.05, 3.63) is 82.6 Å². The highest BCUT2D eigenvalue weighted by molar-refractivity contribution is 7.12. The van der Waals surface area contributed by atoms with Gasteiger partial charge in [-0.25, -0.2) is 0 Å². The first-order valence-electron chi connectivity index (χ1n) is 8.29. The Labute approximate surface area is 160 Å². The Morgan fingerprint density at radius 2 is 1.56 bits per heavy atom. The lowest BCUT2D eigenvalue weighted by Gasteiger charge is -2.07. The summed E-state index contributed by atoms with van der Waals surface area (Å²) in [5.74, 6) is -1.30. The van der Waals surface area contributed by atoms with Gasteiger partial charge in [-0.05, 0) is 34.7 Å². The molecule has 0 saturated heterocycles. The fourth-order valence-corrected chi connectivity index (χ4v) is 3.06. The van der Waals surface area contributed by atoms with Gasteiger partial charge in [-0.15, -0.1) is 11.3 Å². The topological polar surface area (TPSA) is 72.5 Å². The summed E-state index contributed by atoms with van der Waals surface area (Å²) in [5.41, 5.74) is 2.50. The molecule has 136 valence electrons. The van der Waals surface area contributed by atoms with Crippen LogP contribution in [-0.4, -0.2) is 30.8 Å². The second-order valence-electron chi connectivity index (χ2n) is 5.69. The molecule has 0 unspecified atom stereocenters. The van der Waals surface area contributed by atoms with Crippen LogP contribution in [0.4, 0.5) is 0 Å². The number of ether oxygens (including phenoxy) is 1. The number of carbonyl (C=O) groups excluding carboxylic acids is 3. The molecule has 1 amide bonds. The van der Waals surface area contributed by atoms with Crippen LogP contribution in [0.2, 0.25) is 0 Å². The number of esters is 1. The summed E-state index contributed by atoms with van der Waals surface area (Å²) < 4.78 is 4.89. The number of hydrogen-bond acceptors (Lipinski definition) is 5. The summed E-state index contributed by atoms with van der Waals surface area (Å²) in [6.07, 6.45) is 0. The third-order valence-electron chi connectivity index (χ3n) is 3.81. The van der Waals surface area contributed by atoms with Crippen molar-refractivity contribution in [2.24, 2.45) is 0 Å². The molecule has 27 heavy (non-hydrogen) atoms. The molecule has 0 aliphatic carbocycles. The Morgan fingerprint density at radius 1 is 0.852 bits per heavy atom.